The second-order valence-electron chi connectivity index (χ2n) is 6.61. The Balaban J connectivity index is 1.47. The van der Waals surface area contributed by atoms with Crippen molar-refractivity contribution in [1.29, 1.82) is 0 Å². The number of alkyl halides is 3. The zero-order chi connectivity index (χ0) is 20.4. The van der Waals surface area contributed by atoms with Gasteiger partial charge in [0.1, 0.15) is 5.37 Å². The van der Waals surface area contributed by atoms with Crippen molar-refractivity contribution >= 4 is 11.8 Å². The molecule has 10 heteroatoms. The largest absolute Gasteiger partial charge is 0.416 e. The second kappa shape index (κ2) is 7.86. The summed E-state index contributed by atoms with van der Waals surface area (Å²) in [6.45, 7) is 2.94. The third-order valence-electron chi connectivity index (χ3n) is 4.47. The summed E-state index contributed by atoms with van der Waals surface area (Å²) >= 11 is 1.60. The van der Waals surface area contributed by atoms with Crippen molar-refractivity contribution in [2.45, 2.75) is 31.6 Å². The minimum Gasteiger partial charge on any atom is -0.351 e. The Labute approximate surface area is 169 Å². The molecule has 6 nitrogen and oxygen atoms in total. The number of benzene rings is 1. The van der Waals surface area contributed by atoms with Crippen LogP contribution in [0, 0.1) is 0 Å². The Hall–Kier alpha value is -2.88. The summed E-state index contributed by atoms with van der Waals surface area (Å²) in [5, 5.41) is 14.6. The van der Waals surface area contributed by atoms with Crippen LogP contribution < -0.4 is 0 Å². The molecule has 0 radical (unpaired) electrons. The fraction of sp³-hybridized carbons (Fsp3) is 0.263. The number of hydrogen-bond acceptors (Lipinski definition) is 6. The Morgan fingerprint density at radius 3 is 2.55 bits per heavy atom. The van der Waals surface area contributed by atoms with Crippen LogP contribution in [0.2, 0.25) is 0 Å². The quantitative estimate of drug-likeness (QED) is 0.618. The SMILES string of the molecule is CC1=CSC(c2nnn(Cc3ccc(C(F)(F)F)cc3)n2)N1Cc1cccnc1. The van der Waals surface area contributed by atoms with Gasteiger partial charge in [0.15, 0.2) is 0 Å². The summed E-state index contributed by atoms with van der Waals surface area (Å²) in [6, 6.07) is 8.87. The van der Waals surface area contributed by atoms with E-state index in [2.05, 4.69) is 30.7 Å². The molecular weight excluding hydrogens is 401 g/mol. The van der Waals surface area contributed by atoms with Gasteiger partial charge in [0, 0.05) is 24.6 Å². The number of aromatic nitrogens is 5. The molecular formula is C19H17F3N6S. The molecule has 0 fully saturated rings. The molecule has 1 aliphatic rings. The highest BCUT2D eigenvalue weighted by atomic mass is 32.2. The Bertz CT molecular complexity index is 1000. The van der Waals surface area contributed by atoms with Gasteiger partial charge in [-0.25, -0.2) is 0 Å². The monoisotopic (exact) mass is 418 g/mol. The smallest absolute Gasteiger partial charge is 0.351 e. The summed E-state index contributed by atoms with van der Waals surface area (Å²) in [7, 11) is 0. The first-order valence-electron chi connectivity index (χ1n) is 8.82. The lowest BCUT2D eigenvalue weighted by Crippen LogP contribution is -2.22. The standard InChI is InChI=1S/C19H17F3N6S/c1-13-12-29-18(27(13)10-15-3-2-8-23-9-15)17-24-26-28(25-17)11-14-4-6-16(7-5-14)19(20,21)22/h2-9,12,18H,10-11H2,1H3. The predicted octanol–water partition coefficient (Wildman–Crippen LogP) is 4.24. The molecule has 29 heavy (non-hydrogen) atoms. The van der Waals surface area contributed by atoms with Crippen molar-refractivity contribution in [2.75, 3.05) is 0 Å². The highest BCUT2D eigenvalue weighted by molar-refractivity contribution is 8.02. The van der Waals surface area contributed by atoms with Crippen molar-refractivity contribution in [1.82, 2.24) is 30.1 Å². The first-order chi connectivity index (χ1) is 13.9. The lowest BCUT2D eigenvalue weighted by atomic mass is 10.1. The summed E-state index contributed by atoms with van der Waals surface area (Å²) < 4.78 is 38.1. The maximum Gasteiger partial charge on any atom is 0.416 e. The maximum absolute atomic E-state index is 12.7. The third kappa shape index (κ3) is 4.42. The lowest BCUT2D eigenvalue weighted by molar-refractivity contribution is -0.137. The van der Waals surface area contributed by atoms with Crippen molar-refractivity contribution in [3.8, 4) is 0 Å². The van der Waals surface area contributed by atoms with Gasteiger partial charge in [0.25, 0.3) is 0 Å². The minimum absolute atomic E-state index is 0.114. The van der Waals surface area contributed by atoms with Crippen molar-refractivity contribution in [3.63, 3.8) is 0 Å². The van der Waals surface area contributed by atoms with E-state index >= 15 is 0 Å². The molecule has 1 aromatic carbocycles. The highest BCUT2D eigenvalue weighted by Crippen LogP contribution is 2.41. The van der Waals surface area contributed by atoms with Crippen LogP contribution in [0.5, 0.6) is 0 Å². The van der Waals surface area contributed by atoms with Gasteiger partial charge in [-0.05, 0) is 46.9 Å². The van der Waals surface area contributed by atoms with Crippen LogP contribution in [0.25, 0.3) is 0 Å². The van der Waals surface area contributed by atoms with E-state index in [9.17, 15) is 13.2 Å². The number of nitrogens with zero attached hydrogens (tertiary/aromatic N) is 6. The molecule has 0 N–H and O–H groups in total. The molecule has 0 amide bonds. The zero-order valence-corrected chi connectivity index (χ0v) is 16.2. The topological polar surface area (TPSA) is 59.7 Å². The number of halogens is 3. The number of allylic oxidation sites excluding steroid dienone is 1. The first-order valence-corrected chi connectivity index (χ1v) is 9.76. The molecule has 0 saturated carbocycles. The van der Waals surface area contributed by atoms with E-state index < -0.39 is 11.7 Å². The van der Waals surface area contributed by atoms with E-state index in [-0.39, 0.29) is 11.9 Å². The second-order valence-corrected chi connectivity index (χ2v) is 7.56. The molecule has 0 saturated heterocycles. The summed E-state index contributed by atoms with van der Waals surface area (Å²) in [4.78, 5) is 7.72. The molecule has 1 aliphatic heterocycles. The molecule has 4 rings (SSSR count). The Morgan fingerprint density at radius 2 is 1.86 bits per heavy atom. The minimum atomic E-state index is -4.35. The number of thioether (sulfide) groups is 1. The Morgan fingerprint density at radius 1 is 1.07 bits per heavy atom. The first kappa shape index (κ1) is 19.4. The molecule has 0 bridgehead atoms. The van der Waals surface area contributed by atoms with E-state index in [1.54, 1.807) is 18.0 Å². The predicted molar refractivity (Wildman–Crippen MR) is 102 cm³/mol. The molecule has 0 spiro atoms. The van der Waals surface area contributed by atoms with Crippen LogP contribution in [-0.2, 0) is 19.3 Å². The lowest BCUT2D eigenvalue weighted by Gasteiger charge is -2.25. The highest BCUT2D eigenvalue weighted by Gasteiger charge is 2.31. The van der Waals surface area contributed by atoms with Gasteiger partial charge in [0.2, 0.25) is 5.82 Å². The van der Waals surface area contributed by atoms with Crippen LogP contribution in [0.15, 0.2) is 59.9 Å². The average Bonchev–Trinajstić information content (AvgIpc) is 3.29. The van der Waals surface area contributed by atoms with Crippen LogP contribution in [0.1, 0.15) is 34.8 Å². The van der Waals surface area contributed by atoms with Gasteiger partial charge in [-0.1, -0.05) is 30.0 Å². The average molecular weight is 418 g/mol. The van der Waals surface area contributed by atoms with Gasteiger partial charge in [-0.2, -0.15) is 18.0 Å². The molecule has 3 heterocycles. The van der Waals surface area contributed by atoms with E-state index in [1.807, 2.05) is 25.3 Å². The van der Waals surface area contributed by atoms with E-state index in [0.29, 0.717) is 17.9 Å². The molecule has 150 valence electrons. The van der Waals surface area contributed by atoms with Crippen LogP contribution in [0.4, 0.5) is 13.2 Å². The van der Waals surface area contributed by atoms with Gasteiger partial charge < -0.3 is 4.90 Å². The fourth-order valence-electron chi connectivity index (χ4n) is 2.97. The number of hydrogen-bond donors (Lipinski definition) is 0. The maximum atomic E-state index is 12.7. The molecule has 3 aromatic rings. The number of tetrazole rings is 1. The van der Waals surface area contributed by atoms with Crippen LogP contribution in [0.3, 0.4) is 0 Å². The Kier molecular flexibility index (Phi) is 5.27. The number of pyridine rings is 1. The molecule has 2 aromatic heterocycles. The fourth-order valence-corrected chi connectivity index (χ4v) is 4.03. The summed E-state index contributed by atoms with van der Waals surface area (Å²) in [6.07, 6.45) is -0.793. The van der Waals surface area contributed by atoms with Gasteiger partial charge in [0.05, 0.1) is 12.1 Å². The van der Waals surface area contributed by atoms with Gasteiger partial charge in [-0.3, -0.25) is 4.98 Å². The van der Waals surface area contributed by atoms with Gasteiger partial charge >= 0.3 is 6.18 Å². The van der Waals surface area contributed by atoms with Crippen molar-refractivity contribution in [3.05, 3.63) is 82.4 Å². The normalized spacial score (nSPS) is 16.9. The molecule has 1 unspecified atom stereocenters. The van der Waals surface area contributed by atoms with E-state index in [1.165, 1.54) is 16.9 Å². The summed E-state index contributed by atoms with van der Waals surface area (Å²) in [5.41, 5.74) is 2.17. The summed E-state index contributed by atoms with van der Waals surface area (Å²) in [5.74, 6) is 0.555. The molecule has 0 aliphatic carbocycles. The van der Waals surface area contributed by atoms with Crippen molar-refractivity contribution in [2.24, 2.45) is 0 Å². The van der Waals surface area contributed by atoms with Crippen LogP contribution in [-0.4, -0.2) is 30.1 Å². The zero-order valence-electron chi connectivity index (χ0n) is 15.4. The third-order valence-corrected chi connectivity index (χ3v) is 5.67. The number of rotatable bonds is 5. The van der Waals surface area contributed by atoms with E-state index in [0.717, 1.165) is 23.4 Å². The van der Waals surface area contributed by atoms with Crippen molar-refractivity contribution < 1.29 is 13.2 Å². The molecule has 1 atom stereocenters. The van der Waals surface area contributed by atoms with Gasteiger partial charge in [-0.15, -0.1) is 10.2 Å². The van der Waals surface area contributed by atoms with E-state index in [4.69, 9.17) is 0 Å². The van der Waals surface area contributed by atoms with Crippen LogP contribution >= 0.6 is 11.8 Å².